The maximum atomic E-state index is 15.0. The molecule has 1 aromatic heterocycles. The lowest BCUT2D eigenvalue weighted by atomic mass is 9.95. The van der Waals surface area contributed by atoms with Crippen molar-refractivity contribution < 1.29 is 12.8 Å². The summed E-state index contributed by atoms with van der Waals surface area (Å²) < 4.78 is 42.7. The maximum absolute atomic E-state index is 15.0. The van der Waals surface area contributed by atoms with Crippen molar-refractivity contribution in [2.75, 3.05) is 28.4 Å². The summed E-state index contributed by atoms with van der Waals surface area (Å²) in [4.78, 5) is 10.3. The molecule has 33 heavy (non-hydrogen) atoms. The fraction of sp³-hybridized carbons (Fsp3) is 0.182. The molecule has 0 bridgehead atoms. The highest BCUT2D eigenvalue weighted by atomic mass is 35.5. The molecule has 1 aliphatic rings. The van der Waals surface area contributed by atoms with Crippen molar-refractivity contribution in [2.24, 2.45) is 0 Å². The third kappa shape index (κ3) is 4.48. The normalized spacial score (nSPS) is 13.5. The Hall–Kier alpha value is -2.88. The van der Waals surface area contributed by atoms with E-state index in [1.165, 1.54) is 36.7 Å². The van der Waals surface area contributed by atoms with Crippen LogP contribution in [-0.2, 0) is 10.0 Å². The second kappa shape index (κ2) is 9.17. The van der Waals surface area contributed by atoms with Crippen LogP contribution in [0, 0.1) is 5.82 Å². The highest BCUT2D eigenvalue weighted by Gasteiger charge is 2.25. The lowest BCUT2D eigenvalue weighted by molar-refractivity contribution is 0.598. The molecule has 0 radical (unpaired) electrons. The minimum absolute atomic E-state index is 0.0789. The molecule has 0 aliphatic carbocycles. The average molecular weight is 508 g/mol. The Morgan fingerprint density at radius 2 is 2.00 bits per heavy atom. The number of nitrogens with two attached hydrogens (primary N) is 1. The van der Waals surface area contributed by atoms with Gasteiger partial charge in [0.25, 0.3) is 10.0 Å². The number of rotatable bonds is 6. The minimum atomic E-state index is -4.16. The van der Waals surface area contributed by atoms with Gasteiger partial charge in [-0.1, -0.05) is 48.3 Å². The van der Waals surface area contributed by atoms with Crippen molar-refractivity contribution in [1.29, 1.82) is 0 Å². The number of nitrogens with zero attached hydrogens (tertiary/aromatic N) is 3. The van der Waals surface area contributed by atoms with Crippen molar-refractivity contribution in [3.8, 4) is 0 Å². The van der Waals surface area contributed by atoms with E-state index in [4.69, 9.17) is 28.9 Å². The average Bonchev–Trinajstić information content (AvgIpc) is 2.77. The van der Waals surface area contributed by atoms with E-state index in [1.807, 2.05) is 6.08 Å². The molecule has 2 heterocycles. The first-order valence-electron chi connectivity index (χ1n) is 10.1. The Morgan fingerprint density at radius 1 is 1.21 bits per heavy atom. The van der Waals surface area contributed by atoms with Crippen LogP contribution in [0.5, 0.6) is 0 Å². The first-order chi connectivity index (χ1) is 15.7. The first-order valence-corrected chi connectivity index (χ1v) is 12.3. The van der Waals surface area contributed by atoms with Crippen molar-refractivity contribution in [3.63, 3.8) is 0 Å². The number of aromatic nitrogens is 2. The lowest BCUT2D eigenvalue weighted by Crippen LogP contribution is -2.29. The van der Waals surface area contributed by atoms with E-state index in [-0.39, 0.29) is 26.4 Å². The molecule has 0 unspecified atom stereocenters. The van der Waals surface area contributed by atoms with Gasteiger partial charge in [-0.05, 0) is 41.8 Å². The summed E-state index contributed by atoms with van der Waals surface area (Å²) in [6.45, 7) is 3.43. The number of halogens is 3. The fourth-order valence-electron chi connectivity index (χ4n) is 3.66. The molecular formula is C22H20Cl2FN5O2S. The Labute approximate surface area is 201 Å². The highest BCUT2D eigenvalue weighted by molar-refractivity contribution is 7.92. The summed E-state index contributed by atoms with van der Waals surface area (Å²) in [6.07, 6.45) is 4.26. The van der Waals surface area contributed by atoms with Gasteiger partial charge in [-0.25, -0.2) is 22.8 Å². The number of nitrogens with one attached hydrogen (secondary N) is 1. The van der Waals surface area contributed by atoms with Gasteiger partial charge in [-0.2, -0.15) is 0 Å². The monoisotopic (exact) mass is 507 g/mol. The molecule has 0 saturated heterocycles. The lowest BCUT2D eigenvalue weighted by Gasteiger charge is -2.29. The van der Waals surface area contributed by atoms with Gasteiger partial charge in [0.2, 0.25) is 0 Å². The number of fused-ring (bicyclic) bond motifs is 1. The van der Waals surface area contributed by atoms with E-state index in [9.17, 15) is 8.42 Å². The third-order valence-corrected chi connectivity index (χ3v) is 7.50. The third-order valence-electron chi connectivity index (χ3n) is 5.16. The Morgan fingerprint density at radius 3 is 2.73 bits per heavy atom. The van der Waals surface area contributed by atoms with E-state index in [1.54, 1.807) is 6.07 Å². The van der Waals surface area contributed by atoms with Crippen LogP contribution in [-0.4, -0.2) is 31.5 Å². The number of benzene rings is 2. The van der Waals surface area contributed by atoms with Crippen molar-refractivity contribution >= 4 is 56.1 Å². The molecule has 0 saturated carbocycles. The molecule has 0 amide bonds. The van der Waals surface area contributed by atoms with Gasteiger partial charge < -0.3 is 10.6 Å². The van der Waals surface area contributed by atoms with Crippen LogP contribution in [0.1, 0.15) is 24.5 Å². The molecule has 172 valence electrons. The van der Waals surface area contributed by atoms with Gasteiger partial charge in [0, 0.05) is 13.1 Å². The second-order valence-corrected chi connectivity index (χ2v) is 9.81. The number of sulfonamides is 1. The van der Waals surface area contributed by atoms with E-state index in [0.717, 1.165) is 13.0 Å². The maximum Gasteiger partial charge on any atom is 0.263 e. The summed E-state index contributed by atoms with van der Waals surface area (Å²) in [5.74, 6) is 0.207. The number of hydrogen-bond donors (Lipinski definition) is 2. The zero-order chi connectivity index (χ0) is 23.8. The van der Waals surface area contributed by atoms with Crippen molar-refractivity contribution in [2.45, 2.75) is 18.2 Å². The molecule has 3 aromatic rings. The largest absolute Gasteiger partial charge is 0.383 e. The molecule has 11 heteroatoms. The molecular weight excluding hydrogens is 488 g/mol. The Balaban J connectivity index is 1.69. The first kappa shape index (κ1) is 23.3. The van der Waals surface area contributed by atoms with Gasteiger partial charge in [0.05, 0.1) is 21.3 Å². The Kier molecular flexibility index (Phi) is 6.47. The molecule has 1 aliphatic heterocycles. The molecule has 0 fully saturated rings. The summed E-state index contributed by atoms with van der Waals surface area (Å²) in [5.41, 5.74) is 7.74. The van der Waals surface area contributed by atoms with Crippen LogP contribution >= 0.6 is 23.2 Å². The Bertz CT molecular complexity index is 1360. The molecule has 0 atom stereocenters. The van der Waals surface area contributed by atoms with Crippen LogP contribution in [0.3, 0.4) is 0 Å². The second-order valence-electron chi connectivity index (χ2n) is 7.37. The zero-order valence-corrected chi connectivity index (χ0v) is 19.8. The van der Waals surface area contributed by atoms with Crippen LogP contribution in [0.2, 0.25) is 10.0 Å². The van der Waals surface area contributed by atoms with Gasteiger partial charge in [0.15, 0.2) is 0 Å². The van der Waals surface area contributed by atoms with Gasteiger partial charge in [-0.3, -0.25) is 4.72 Å². The number of anilines is 3. The number of nitrogen functional groups attached to an aromatic ring is 1. The van der Waals surface area contributed by atoms with Gasteiger partial charge >= 0.3 is 0 Å². The molecule has 0 spiro atoms. The standard InChI is InChI=1S/C22H20Cl2FN5O2S/c1-2-9-30-10-8-14(19-21(26)27-12-28-22(19)30)13-6-7-17(16(25)11-13)29-33(31,32)18-5-3-4-15(23)20(18)24/h3-8,11-12,29H,2,9-10H2,1H3,(H2,26,27,28). The smallest absolute Gasteiger partial charge is 0.263 e. The van der Waals surface area contributed by atoms with Crippen LogP contribution < -0.4 is 15.4 Å². The predicted molar refractivity (Wildman–Crippen MR) is 130 cm³/mol. The summed E-state index contributed by atoms with van der Waals surface area (Å²) in [6, 6.07) is 8.40. The van der Waals surface area contributed by atoms with Crippen LogP contribution in [0.25, 0.3) is 5.57 Å². The zero-order valence-electron chi connectivity index (χ0n) is 17.5. The minimum Gasteiger partial charge on any atom is -0.383 e. The van der Waals surface area contributed by atoms with E-state index in [0.29, 0.717) is 29.1 Å². The quantitative estimate of drug-likeness (QED) is 0.488. The SMILES string of the molecule is CCCN1CC=C(c2ccc(NS(=O)(=O)c3cccc(Cl)c3Cl)c(F)c2)c2c(N)ncnc21. The molecule has 7 nitrogen and oxygen atoms in total. The summed E-state index contributed by atoms with van der Waals surface area (Å²) in [5, 5.41) is -0.0602. The topological polar surface area (TPSA) is 101 Å². The van der Waals surface area contributed by atoms with E-state index >= 15 is 4.39 Å². The fourth-order valence-corrected chi connectivity index (χ4v) is 5.49. The van der Waals surface area contributed by atoms with Crippen molar-refractivity contribution in [3.05, 3.63) is 75.8 Å². The summed E-state index contributed by atoms with van der Waals surface area (Å²) in [7, 11) is -4.16. The molecule has 4 rings (SSSR count). The molecule has 2 aromatic carbocycles. The van der Waals surface area contributed by atoms with Gasteiger partial charge in [-0.15, -0.1) is 0 Å². The summed E-state index contributed by atoms with van der Waals surface area (Å²) >= 11 is 11.9. The number of hydrogen-bond acceptors (Lipinski definition) is 6. The van der Waals surface area contributed by atoms with E-state index < -0.39 is 15.8 Å². The highest BCUT2D eigenvalue weighted by Crippen LogP contribution is 2.38. The van der Waals surface area contributed by atoms with E-state index in [2.05, 4.69) is 26.5 Å². The van der Waals surface area contributed by atoms with Crippen LogP contribution in [0.4, 0.5) is 21.7 Å². The van der Waals surface area contributed by atoms with Crippen LogP contribution in [0.15, 0.2) is 53.7 Å². The predicted octanol–water partition coefficient (Wildman–Crippen LogP) is 4.97. The van der Waals surface area contributed by atoms with Crippen molar-refractivity contribution in [1.82, 2.24) is 9.97 Å². The van der Waals surface area contributed by atoms with Gasteiger partial charge in [0.1, 0.15) is 28.7 Å². The molecule has 3 N–H and O–H groups in total.